The molecule has 0 bridgehead atoms. The summed E-state index contributed by atoms with van der Waals surface area (Å²) in [5, 5.41) is 2.96. The molecule has 0 aliphatic carbocycles. The van der Waals surface area contributed by atoms with Gasteiger partial charge in [-0.2, -0.15) is 0 Å². The Morgan fingerprint density at radius 2 is 1.88 bits per heavy atom. The van der Waals surface area contributed by atoms with Gasteiger partial charge in [-0.1, -0.05) is 18.2 Å². The summed E-state index contributed by atoms with van der Waals surface area (Å²) in [6.07, 6.45) is -0.282. The topological polar surface area (TPSA) is 71.1 Å². The van der Waals surface area contributed by atoms with Gasteiger partial charge in [0.2, 0.25) is 5.91 Å². The molecule has 1 atom stereocenters. The van der Waals surface area contributed by atoms with Crippen molar-refractivity contribution in [1.29, 1.82) is 0 Å². The molecule has 1 aromatic rings. The summed E-state index contributed by atoms with van der Waals surface area (Å²) in [4.78, 5) is 27.9. The lowest BCUT2D eigenvalue weighted by Crippen LogP contribution is -2.55. The van der Waals surface area contributed by atoms with Crippen LogP contribution in [0.4, 0.5) is 4.79 Å². The van der Waals surface area contributed by atoms with E-state index in [0.29, 0.717) is 39.3 Å². The summed E-state index contributed by atoms with van der Waals surface area (Å²) < 4.78 is 10.3. The number of piperazine rings is 1. The van der Waals surface area contributed by atoms with Crippen molar-refractivity contribution >= 4 is 12.0 Å². The molecular weight excluding hydrogens is 322 g/mol. The zero-order valence-electron chi connectivity index (χ0n) is 15.2. The molecule has 1 aromatic carbocycles. The van der Waals surface area contributed by atoms with Gasteiger partial charge >= 0.3 is 6.09 Å². The van der Waals surface area contributed by atoms with Gasteiger partial charge in [0, 0.05) is 38.3 Å². The zero-order chi connectivity index (χ0) is 18.2. The third kappa shape index (κ3) is 5.09. The van der Waals surface area contributed by atoms with Crippen LogP contribution < -0.4 is 10.1 Å². The number of carbonyl (C=O) groups is 2. The van der Waals surface area contributed by atoms with E-state index in [1.165, 1.54) is 0 Å². The van der Waals surface area contributed by atoms with E-state index < -0.39 is 0 Å². The Labute approximate surface area is 148 Å². The lowest BCUT2D eigenvalue weighted by Gasteiger charge is -2.36. The van der Waals surface area contributed by atoms with Crippen molar-refractivity contribution in [2.24, 2.45) is 0 Å². The molecule has 7 heteroatoms. The largest absolute Gasteiger partial charge is 0.496 e. The van der Waals surface area contributed by atoms with E-state index in [2.05, 4.69) is 10.2 Å². The first-order chi connectivity index (χ1) is 12.1. The van der Waals surface area contributed by atoms with Gasteiger partial charge in [0.25, 0.3) is 0 Å². The summed E-state index contributed by atoms with van der Waals surface area (Å²) in [5.74, 6) is 0.731. The molecule has 0 aromatic heterocycles. The van der Waals surface area contributed by atoms with Crippen LogP contribution in [-0.2, 0) is 16.1 Å². The maximum Gasteiger partial charge on any atom is 0.409 e. The third-order valence-corrected chi connectivity index (χ3v) is 4.41. The van der Waals surface area contributed by atoms with Crippen LogP contribution in [-0.4, -0.2) is 67.7 Å². The van der Waals surface area contributed by atoms with Gasteiger partial charge in [-0.3, -0.25) is 9.69 Å². The van der Waals surface area contributed by atoms with Crippen LogP contribution in [0, 0.1) is 0 Å². The van der Waals surface area contributed by atoms with Crippen molar-refractivity contribution in [1.82, 2.24) is 15.1 Å². The fourth-order valence-electron chi connectivity index (χ4n) is 2.85. The van der Waals surface area contributed by atoms with E-state index in [0.717, 1.165) is 11.3 Å². The van der Waals surface area contributed by atoms with Crippen molar-refractivity contribution in [3.05, 3.63) is 29.8 Å². The fraction of sp³-hybridized carbons (Fsp3) is 0.556. The first kappa shape index (κ1) is 19.1. The smallest absolute Gasteiger partial charge is 0.409 e. The monoisotopic (exact) mass is 349 g/mol. The molecule has 1 N–H and O–H groups in total. The van der Waals surface area contributed by atoms with Gasteiger partial charge < -0.3 is 19.7 Å². The number of carbonyl (C=O) groups excluding carboxylic acids is 2. The number of para-hydroxylation sites is 1. The Kier molecular flexibility index (Phi) is 7.06. The van der Waals surface area contributed by atoms with Crippen molar-refractivity contribution < 1.29 is 19.1 Å². The molecular formula is C18H27N3O4. The molecule has 0 radical (unpaired) electrons. The molecule has 138 valence electrons. The number of rotatable bonds is 6. The van der Waals surface area contributed by atoms with Crippen LogP contribution >= 0.6 is 0 Å². The van der Waals surface area contributed by atoms with E-state index >= 15 is 0 Å². The Bertz CT molecular complexity index is 585. The maximum absolute atomic E-state index is 12.4. The number of nitrogens with zero attached hydrogens (tertiary/aromatic N) is 2. The SMILES string of the molecule is CCOC(=O)N1CCN(C(C)C(=O)NCc2ccccc2OC)CC1. The predicted molar refractivity (Wildman–Crippen MR) is 94.5 cm³/mol. The number of benzene rings is 1. The Morgan fingerprint density at radius 1 is 1.20 bits per heavy atom. The fourth-order valence-corrected chi connectivity index (χ4v) is 2.85. The second-order valence-electron chi connectivity index (χ2n) is 5.93. The number of nitrogens with one attached hydrogen (secondary N) is 1. The molecule has 1 heterocycles. The van der Waals surface area contributed by atoms with E-state index in [1.54, 1.807) is 18.9 Å². The van der Waals surface area contributed by atoms with E-state index in [-0.39, 0.29) is 18.0 Å². The van der Waals surface area contributed by atoms with Crippen LogP contribution in [0.25, 0.3) is 0 Å². The minimum Gasteiger partial charge on any atom is -0.496 e. The summed E-state index contributed by atoms with van der Waals surface area (Å²) in [7, 11) is 1.62. The predicted octanol–water partition coefficient (Wildman–Crippen LogP) is 1.47. The van der Waals surface area contributed by atoms with Gasteiger partial charge in [0.05, 0.1) is 19.8 Å². The molecule has 7 nitrogen and oxygen atoms in total. The van der Waals surface area contributed by atoms with Crippen molar-refractivity contribution in [3.63, 3.8) is 0 Å². The van der Waals surface area contributed by atoms with Crippen LogP contribution in [0.1, 0.15) is 19.4 Å². The maximum atomic E-state index is 12.4. The van der Waals surface area contributed by atoms with Crippen LogP contribution in [0.15, 0.2) is 24.3 Å². The zero-order valence-corrected chi connectivity index (χ0v) is 15.2. The molecule has 1 aliphatic heterocycles. The summed E-state index contributed by atoms with van der Waals surface area (Å²) in [5.41, 5.74) is 0.942. The van der Waals surface area contributed by atoms with Crippen molar-refractivity contribution in [2.45, 2.75) is 26.4 Å². The van der Waals surface area contributed by atoms with Crippen molar-refractivity contribution in [2.75, 3.05) is 39.9 Å². The standard InChI is InChI=1S/C18H27N3O4/c1-4-25-18(23)21-11-9-20(10-12-21)14(2)17(22)19-13-15-7-5-6-8-16(15)24-3/h5-8,14H,4,9-13H2,1-3H3,(H,19,22). The quantitative estimate of drug-likeness (QED) is 0.842. The molecule has 2 rings (SSSR count). The van der Waals surface area contributed by atoms with E-state index in [9.17, 15) is 9.59 Å². The van der Waals surface area contributed by atoms with Gasteiger partial charge in [-0.15, -0.1) is 0 Å². The molecule has 0 spiro atoms. The highest BCUT2D eigenvalue weighted by Crippen LogP contribution is 2.17. The number of methoxy groups -OCH3 is 1. The highest BCUT2D eigenvalue weighted by Gasteiger charge is 2.27. The molecule has 1 aliphatic rings. The normalized spacial score (nSPS) is 16.2. The number of amides is 2. The molecule has 0 saturated carbocycles. The number of hydrogen-bond donors (Lipinski definition) is 1. The first-order valence-electron chi connectivity index (χ1n) is 8.62. The summed E-state index contributed by atoms with van der Waals surface area (Å²) in [6, 6.07) is 7.37. The van der Waals surface area contributed by atoms with Gasteiger partial charge in [0.15, 0.2) is 0 Å². The van der Waals surface area contributed by atoms with Crippen molar-refractivity contribution in [3.8, 4) is 5.75 Å². The summed E-state index contributed by atoms with van der Waals surface area (Å²) >= 11 is 0. The van der Waals surface area contributed by atoms with Gasteiger partial charge in [-0.25, -0.2) is 4.79 Å². The third-order valence-electron chi connectivity index (χ3n) is 4.41. The Balaban J connectivity index is 1.81. The van der Waals surface area contributed by atoms with Crippen LogP contribution in [0.3, 0.4) is 0 Å². The molecule has 25 heavy (non-hydrogen) atoms. The second-order valence-corrected chi connectivity index (χ2v) is 5.93. The van der Waals surface area contributed by atoms with E-state index in [4.69, 9.17) is 9.47 Å². The number of hydrogen-bond acceptors (Lipinski definition) is 5. The molecule has 1 saturated heterocycles. The Hall–Kier alpha value is -2.28. The summed E-state index contributed by atoms with van der Waals surface area (Å²) in [6.45, 7) is 6.94. The van der Waals surface area contributed by atoms with E-state index in [1.807, 2.05) is 31.2 Å². The highest BCUT2D eigenvalue weighted by molar-refractivity contribution is 5.81. The average Bonchev–Trinajstić information content (AvgIpc) is 2.66. The first-order valence-corrected chi connectivity index (χ1v) is 8.62. The minimum absolute atomic E-state index is 0.0320. The highest BCUT2D eigenvalue weighted by atomic mass is 16.6. The Morgan fingerprint density at radius 3 is 2.52 bits per heavy atom. The second kappa shape index (κ2) is 9.27. The lowest BCUT2D eigenvalue weighted by atomic mass is 10.2. The van der Waals surface area contributed by atoms with Crippen LogP contribution in [0.5, 0.6) is 5.75 Å². The number of ether oxygens (including phenoxy) is 2. The average molecular weight is 349 g/mol. The van der Waals surface area contributed by atoms with Crippen LogP contribution in [0.2, 0.25) is 0 Å². The molecule has 1 fully saturated rings. The van der Waals surface area contributed by atoms with Gasteiger partial charge in [0.1, 0.15) is 5.75 Å². The lowest BCUT2D eigenvalue weighted by molar-refractivity contribution is -0.126. The molecule has 1 unspecified atom stereocenters. The minimum atomic E-state index is -0.282. The van der Waals surface area contributed by atoms with Gasteiger partial charge in [-0.05, 0) is 19.9 Å². The molecule has 2 amide bonds.